The molecule has 7 nitrogen and oxygen atoms in total. The van der Waals surface area contributed by atoms with Crippen molar-refractivity contribution in [3.8, 4) is 11.3 Å². The Morgan fingerprint density at radius 1 is 0.923 bits per heavy atom. The second kappa shape index (κ2) is 6.40. The molecule has 136 valence electrons. The van der Waals surface area contributed by atoms with Gasteiger partial charge in [-0.2, -0.15) is 10.2 Å². The van der Waals surface area contributed by atoms with Crippen LogP contribution in [0.1, 0.15) is 32.2 Å². The number of rotatable bonds is 3. The molecule has 0 unspecified atom stereocenters. The third-order valence-electron chi connectivity index (χ3n) is 4.38. The number of aryl methyl sites for hydroxylation is 2. The summed E-state index contributed by atoms with van der Waals surface area (Å²) in [6, 6.07) is 9.97. The van der Waals surface area contributed by atoms with Gasteiger partial charge in [0.05, 0.1) is 11.4 Å². The van der Waals surface area contributed by atoms with Crippen LogP contribution in [0.2, 0.25) is 0 Å². The Bertz CT molecular complexity index is 956. The van der Waals surface area contributed by atoms with E-state index in [9.17, 15) is 0 Å². The molecule has 0 spiro atoms. The zero-order valence-electron chi connectivity index (χ0n) is 16.1. The monoisotopic (exact) mass is 351 g/mol. The standard InChI is InChI=1S/C19H25N7/c1-12-14(15(23-25(12)5)13-10-8-7-9-11-13)21-22-16-17(19(2,3)4)24-26(6)18(16)20/h7-11H,20H2,1-6H3. The van der Waals surface area contributed by atoms with Crippen LogP contribution in [-0.2, 0) is 19.5 Å². The summed E-state index contributed by atoms with van der Waals surface area (Å²) in [7, 11) is 3.72. The minimum Gasteiger partial charge on any atom is -0.382 e. The molecule has 0 saturated carbocycles. The van der Waals surface area contributed by atoms with Crippen LogP contribution < -0.4 is 5.73 Å². The number of azo groups is 1. The lowest BCUT2D eigenvalue weighted by Gasteiger charge is -2.15. The highest BCUT2D eigenvalue weighted by atomic mass is 15.3. The highest BCUT2D eigenvalue weighted by molar-refractivity contribution is 5.74. The molecule has 0 aliphatic rings. The molecule has 0 radical (unpaired) electrons. The maximum atomic E-state index is 6.18. The fourth-order valence-corrected chi connectivity index (χ4v) is 2.74. The normalized spacial score (nSPS) is 12.2. The molecule has 0 amide bonds. The maximum absolute atomic E-state index is 6.18. The molecule has 0 aliphatic carbocycles. The van der Waals surface area contributed by atoms with Gasteiger partial charge in [-0.15, -0.1) is 10.2 Å². The summed E-state index contributed by atoms with van der Waals surface area (Å²) in [5.41, 5.74) is 10.9. The average molecular weight is 351 g/mol. The molecule has 0 atom stereocenters. The van der Waals surface area contributed by atoms with Crippen molar-refractivity contribution in [1.82, 2.24) is 19.6 Å². The van der Waals surface area contributed by atoms with Crippen molar-refractivity contribution in [3.05, 3.63) is 41.7 Å². The number of aromatic nitrogens is 4. The summed E-state index contributed by atoms with van der Waals surface area (Å²) in [6.45, 7) is 8.22. The van der Waals surface area contributed by atoms with Crippen molar-refractivity contribution in [3.63, 3.8) is 0 Å². The van der Waals surface area contributed by atoms with Crippen molar-refractivity contribution in [2.24, 2.45) is 24.3 Å². The molecule has 7 heteroatoms. The van der Waals surface area contributed by atoms with Crippen LogP contribution >= 0.6 is 0 Å². The number of hydrogen-bond acceptors (Lipinski definition) is 5. The van der Waals surface area contributed by atoms with Crippen molar-refractivity contribution >= 4 is 17.2 Å². The van der Waals surface area contributed by atoms with Gasteiger partial charge in [0.1, 0.15) is 17.2 Å². The molecule has 0 saturated heterocycles. The second-order valence-corrected chi connectivity index (χ2v) is 7.43. The molecule has 0 fully saturated rings. The number of nitrogens with zero attached hydrogens (tertiary/aromatic N) is 6. The van der Waals surface area contributed by atoms with E-state index in [1.54, 1.807) is 4.68 Å². The highest BCUT2D eigenvalue weighted by Gasteiger charge is 2.25. The third kappa shape index (κ3) is 3.12. The average Bonchev–Trinajstić information content (AvgIpc) is 3.04. The van der Waals surface area contributed by atoms with E-state index < -0.39 is 0 Å². The van der Waals surface area contributed by atoms with Gasteiger partial charge < -0.3 is 5.73 Å². The summed E-state index contributed by atoms with van der Waals surface area (Å²) < 4.78 is 3.46. The summed E-state index contributed by atoms with van der Waals surface area (Å²) in [5, 5.41) is 18.1. The van der Waals surface area contributed by atoms with Gasteiger partial charge in [-0.25, -0.2) is 0 Å². The zero-order chi connectivity index (χ0) is 19.1. The van der Waals surface area contributed by atoms with E-state index in [-0.39, 0.29) is 5.41 Å². The van der Waals surface area contributed by atoms with Gasteiger partial charge in [0.15, 0.2) is 5.69 Å². The van der Waals surface area contributed by atoms with Crippen LogP contribution in [0, 0.1) is 6.92 Å². The molecule has 2 heterocycles. The lowest BCUT2D eigenvalue weighted by molar-refractivity contribution is 0.554. The molecule has 3 rings (SSSR count). The minimum atomic E-state index is -0.185. The van der Waals surface area contributed by atoms with Crippen LogP contribution in [0.5, 0.6) is 0 Å². The molecule has 2 N–H and O–H groups in total. The van der Waals surface area contributed by atoms with Gasteiger partial charge in [-0.05, 0) is 6.92 Å². The third-order valence-corrected chi connectivity index (χ3v) is 4.38. The van der Waals surface area contributed by atoms with E-state index in [4.69, 9.17) is 5.73 Å². The molecule has 26 heavy (non-hydrogen) atoms. The van der Waals surface area contributed by atoms with Gasteiger partial charge in [0.25, 0.3) is 0 Å². The zero-order valence-corrected chi connectivity index (χ0v) is 16.1. The minimum absolute atomic E-state index is 0.185. The summed E-state index contributed by atoms with van der Waals surface area (Å²) >= 11 is 0. The second-order valence-electron chi connectivity index (χ2n) is 7.43. The SMILES string of the molecule is Cc1c(N=Nc2c(C(C)(C)C)nn(C)c2N)c(-c2ccccc2)nn1C. The number of hydrogen-bond donors (Lipinski definition) is 1. The van der Waals surface area contributed by atoms with Crippen LogP contribution in [0.4, 0.5) is 17.2 Å². The molecule has 0 bridgehead atoms. The molecule has 3 aromatic rings. The van der Waals surface area contributed by atoms with Gasteiger partial charge in [-0.3, -0.25) is 9.36 Å². The van der Waals surface area contributed by atoms with Gasteiger partial charge in [0, 0.05) is 25.1 Å². The van der Waals surface area contributed by atoms with E-state index in [1.807, 2.05) is 56.0 Å². The van der Waals surface area contributed by atoms with E-state index in [0.717, 1.165) is 28.3 Å². The predicted molar refractivity (Wildman–Crippen MR) is 104 cm³/mol. The van der Waals surface area contributed by atoms with Gasteiger partial charge in [0.2, 0.25) is 0 Å². The number of nitrogens with two attached hydrogens (primary N) is 1. The Kier molecular flexibility index (Phi) is 4.39. The van der Waals surface area contributed by atoms with Crippen LogP contribution in [-0.4, -0.2) is 19.6 Å². The molecular formula is C19H25N7. The van der Waals surface area contributed by atoms with Gasteiger partial charge >= 0.3 is 0 Å². The quantitative estimate of drug-likeness (QED) is 0.708. The lowest BCUT2D eigenvalue weighted by Crippen LogP contribution is -2.12. The number of benzene rings is 1. The first kappa shape index (κ1) is 17.8. The van der Waals surface area contributed by atoms with Crippen LogP contribution in [0.15, 0.2) is 40.6 Å². The first-order chi connectivity index (χ1) is 12.2. The Morgan fingerprint density at radius 3 is 2.15 bits per heavy atom. The summed E-state index contributed by atoms with van der Waals surface area (Å²) in [5.74, 6) is 0.501. The van der Waals surface area contributed by atoms with Crippen LogP contribution in [0.3, 0.4) is 0 Å². The Morgan fingerprint density at radius 2 is 1.54 bits per heavy atom. The largest absolute Gasteiger partial charge is 0.382 e. The Labute approximate surface area is 153 Å². The van der Waals surface area contributed by atoms with E-state index in [2.05, 4.69) is 41.2 Å². The molecule has 2 aromatic heterocycles. The summed E-state index contributed by atoms with van der Waals surface area (Å²) in [6.07, 6.45) is 0. The Balaban J connectivity index is 2.11. The maximum Gasteiger partial charge on any atom is 0.151 e. The van der Waals surface area contributed by atoms with E-state index in [0.29, 0.717) is 11.5 Å². The lowest BCUT2D eigenvalue weighted by atomic mass is 9.91. The fourth-order valence-electron chi connectivity index (χ4n) is 2.74. The van der Waals surface area contributed by atoms with Crippen molar-refractivity contribution in [2.75, 3.05) is 5.73 Å². The highest BCUT2D eigenvalue weighted by Crippen LogP contribution is 2.38. The number of nitrogen functional groups attached to an aromatic ring is 1. The Hall–Kier alpha value is -2.96. The van der Waals surface area contributed by atoms with Crippen molar-refractivity contribution in [2.45, 2.75) is 33.1 Å². The first-order valence-corrected chi connectivity index (χ1v) is 8.54. The molecular weight excluding hydrogens is 326 g/mol. The van der Waals surface area contributed by atoms with Crippen molar-refractivity contribution in [1.29, 1.82) is 0 Å². The summed E-state index contributed by atoms with van der Waals surface area (Å²) in [4.78, 5) is 0. The van der Waals surface area contributed by atoms with Gasteiger partial charge in [-0.1, -0.05) is 51.1 Å². The topological polar surface area (TPSA) is 86.4 Å². The van der Waals surface area contributed by atoms with Crippen LogP contribution in [0.25, 0.3) is 11.3 Å². The molecule has 0 aliphatic heterocycles. The smallest absolute Gasteiger partial charge is 0.151 e. The number of anilines is 1. The van der Waals surface area contributed by atoms with E-state index >= 15 is 0 Å². The van der Waals surface area contributed by atoms with Crippen molar-refractivity contribution < 1.29 is 0 Å². The first-order valence-electron chi connectivity index (χ1n) is 8.54. The predicted octanol–water partition coefficient (Wildman–Crippen LogP) is 4.42. The molecule has 1 aromatic carbocycles. The van der Waals surface area contributed by atoms with E-state index in [1.165, 1.54) is 0 Å². The fraction of sp³-hybridized carbons (Fsp3) is 0.368.